The lowest BCUT2D eigenvalue weighted by atomic mass is 10.3. The molecule has 1 aromatic heterocycles. The molecule has 1 fully saturated rings. The number of nitrogens with two attached hydrogens (primary N) is 1. The number of likely N-dealkylation sites (tertiary alicyclic amines) is 1. The number of primary amides is 1. The van der Waals surface area contributed by atoms with Crippen LogP contribution in [0.4, 0.5) is 13.2 Å². The van der Waals surface area contributed by atoms with E-state index in [0.717, 1.165) is 0 Å². The number of hydrogen-bond donors (Lipinski definition) is 3. The summed E-state index contributed by atoms with van der Waals surface area (Å²) in [6, 6.07) is 2.97. The highest BCUT2D eigenvalue weighted by Crippen LogP contribution is 2.19. The third-order valence-electron chi connectivity index (χ3n) is 3.57. The van der Waals surface area contributed by atoms with Crippen LogP contribution < -0.4 is 16.4 Å². The highest BCUT2D eigenvalue weighted by molar-refractivity contribution is 5.89. The second kappa shape index (κ2) is 7.56. The van der Waals surface area contributed by atoms with Crippen molar-refractivity contribution in [3.63, 3.8) is 0 Å². The Morgan fingerprint density at radius 3 is 2.83 bits per heavy atom. The molecule has 1 amide bonds. The van der Waals surface area contributed by atoms with Gasteiger partial charge >= 0.3 is 6.18 Å². The van der Waals surface area contributed by atoms with Crippen molar-refractivity contribution < 1.29 is 22.4 Å². The fourth-order valence-corrected chi connectivity index (χ4v) is 2.51. The van der Waals surface area contributed by atoms with Crippen LogP contribution in [0.25, 0.3) is 0 Å². The van der Waals surface area contributed by atoms with Crippen molar-refractivity contribution in [1.29, 1.82) is 0 Å². The number of guanidine groups is 1. The Balaban J connectivity index is 1.79. The zero-order chi connectivity index (χ0) is 17.7. The van der Waals surface area contributed by atoms with Crippen molar-refractivity contribution in [2.24, 2.45) is 10.7 Å². The zero-order valence-electron chi connectivity index (χ0n) is 13.2. The normalized spacial score (nSPS) is 19.5. The van der Waals surface area contributed by atoms with Gasteiger partial charge < -0.3 is 20.8 Å². The third kappa shape index (κ3) is 5.44. The molecule has 2 heterocycles. The SMILES string of the molecule is CN=C(NCc1ccc(C(N)=O)o1)NC1CCN(CC(F)(F)F)C1. The van der Waals surface area contributed by atoms with Gasteiger partial charge in [-0.3, -0.25) is 14.7 Å². The van der Waals surface area contributed by atoms with Crippen LogP contribution in [0.15, 0.2) is 21.5 Å². The second-order valence-corrected chi connectivity index (χ2v) is 5.54. The first-order valence-corrected chi connectivity index (χ1v) is 7.41. The smallest absolute Gasteiger partial charge is 0.401 e. The van der Waals surface area contributed by atoms with Crippen molar-refractivity contribution in [2.75, 3.05) is 26.7 Å². The second-order valence-electron chi connectivity index (χ2n) is 5.54. The van der Waals surface area contributed by atoms with Crippen LogP contribution in [0.3, 0.4) is 0 Å². The molecule has 4 N–H and O–H groups in total. The van der Waals surface area contributed by atoms with Gasteiger partial charge in [-0.2, -0.15) is 13.2 Å². The molecule has 134 valence electrons. The molecule has 1 atom stereocenters. The first-order valence-electron chi connectivity index (χ1n) is 7.41. The number of alkyl halides is 3. The first kappa shape index (κ1) is 18.1. The molecule has 0 aliphatic carbocycles. The molecule has 0 spiro atoms. The summed E-state index contributed by atoms with van der Waals surface area (Å²) in [6.45, 7) is 0.0482. The molecule has 2 rings (SSSR count). The standard InChI is InChI=1S/C14H20F3N5O2/c1-19-13(20-6-10-2-3-11(24-10)12(18)23)21-9-4-5-22(7-9)8-14(15,16)17/h2-3,9H,4-8H2,1H3,(H2,18,23)(H2,19,20,21). The molecule has 1 aromatic rings. The van der Waals surface area contributed by atoms with E-state index in [2.05, 4.69) is 15.6 Å². The van der Waals surface area contributed by atoms with Crippen LogP contribution in [0.2, 0.25) is 0 Å². The summed E-state index contributed by atoms with van der Waals surface area (Å²) in [5.41, 5.74) is 5.10. The highest BCUT2D eigenvalue weighted by atomic mass is 19.4. The fraction of sp³-hybridized carbons (Fsp3) is 0.571. The van der Waals surface area contributed by atoms with Gasteiger partial charge in [0.05, 0.1) is 13.1 Å². The Morgan fingerprint density at radius 2 is 2.25 bits per heavy atom. The van der Waals surface area contributed by atoms with Gasteiger partial charge in [-0.25, -0.2) is 0 Å². The maximum Gasteiger partial charge on any atom is 0.401 e. The number of nitrogens with zero attached hydrogens (tertiary/aromatic N) is 2. The Labute approximate surface area is 137 Å². The van der Waals surface area contributed by atoms with E-state index in [4.69, 9.17) is 10.2 Å². The lowest BCUT2D eigenvalue weighted by Crippen LogP contribution is -2.44. The number of carbonyl (C=O) groups excluding carboxylic acids is 1. The van der Waals surface area contributed by atoms with E-state index in [0.29, 0.717) is 31.2 Å². The largest absolute Gasteiger partial charge is 0.454 e. The number of rotatable bonds is 5. The van der Waals surface area contributed by atoms with Gasteiger partial charge in [-0.1, -0.05) is 0 Å². The summed E-state index contributed by atoms with van der Waals surface area (Å²) in [6.07, 6.45) is -3.59. The Kier molecular flexibility index (Phi) is 5.71. The molecule has 0 radical (unpaired) electrons. The topological polar surface area (TPSA) is 95.9 Å². The predicted octanol–water partition coefficient (Wildman–Crippen LogP) is 0.680. The fourth-order valence-electron chi connectivity index (χ4n) is 2.51. The maximum atomic E-state index is 12.4. The van der Waals surface area contributed by atoms with Crippen molar-refractivity contribution in [1.82, 2.24) is 15.5 Å². The minimum Gasteiger partial charge on any atom is -0.454 e. The van der Waals surface area contributed by atoms with E-state index in [9.17, 15) is 18.0 Å². The Morgan fingerprint density at radius 1 is 1.50 bits per heavy atom. The van der Waals surface area contributed by atoms with Crippen LogP contribution in [-0.2, 0) is 6.54 Å². The van der Waals surface area contributed by atoms with Crippen molar-refractivity contribution in [3.8, 4) is 0 Å². The van der Waals surface area contributed by atoms with Crippen LogP contribution in [0, 0.1) is 0 Å². The molecule has 10 heteroatoms. The number of nitrogens with one attached hydrogen (secondary N) is 2. The van der Waals surface area contributed by atoms with Crippen molar-refractivity contribution in [2.45, 2.75) is 25.2 Å². The molecular weight excluding hydrogens is 327 g/mol. The zero-order valence-corrected chi connectivity index (χ0v) is 13.2. The Hall–Kier alpha value is -2.23. The molecule has 1 saturated heterocycles. The quantitative estimate of drug-likeness (QED) is 0.538. The van der Waals surface area contributed by atoms with Gasteiger partial charge in [0.15, 0.2) is 11.7 Å². The summed E-state index contributed by atoms with van der Waals surface area (Å²) in [5.74, 6) is 0.357. The van der Waals surface area contributed by atoms with Gasteiger partial charge in [0.25, 0.3) is 5.91 Å². The number of furan rings is 1. The molecule has 0 aromatic carbocycles. The number of carbonyl (C=O) groups is 1. The summed E-state index contributed by atoms with van der Waals surface area (Å²) in [5, 5.41) is 6.06. The minimum atomic E-state index is -4.19. The van der Waals surface area contributed by atoms with Gasteiger partial charge in [-0.05, 0) is 18.6 Å². The minimum absolute atomic E-state index is 0.0633. The number of amides is 1. The lowest BCUT2D eigenvalue weighted by Gasteiger charge is -2.19. The van der Waals surface area contributed by atoms with Gasteiger partial charge in [-0.15, -0.1) is 0 Å². The van der Waals surface area contributed by atoms with Crippen LogP contribution in [0.5, 0.6) is 0 Å². The molecule has 1 aliphatic heterocycles. The van der Waals surface area contributed by atoms with E-state index in [-0.39, 0.29) is 18.3 Å². The molecule has 1 unspecified atom stereocenters. The van der Waals surface area contributed by atoms with Crippen LogP contribution in [0.1, 0.15) is 22.7 Å². The molecule has 1 aliphatic rings. The highest BCUT2D eigenvalue weighted by Gasteiger charge is 2.34. The summed E-state index contributed by atoms with van der Waals surface area (Å²) in [7, 11) is 1.56. The van der Waals surface area contributed by atoms with Gasteiger partial charge in [0.1, 0.15) is 5.76 Å². The maximum absolute atomic E-state index is 12.4. The number of halogens is 3. The average Bonchev–Trinajstić information content (AvgIpc) is 3.11. The van der Waals surface area contributed by atoms with Gasteiger partial charge in [0.2, 0.25) is 0 Å². The van der Waals surface area contributed by atoms with E-state index in [1.807, 2.05) is 0 Å². The molecule has 0 saturated carbocycles. The van der Waals surface area contributed by atoms with Crippen molar-refractivity contribution >= 4 is 11.9 Å². The monoisotopic (exact) mass is 347 g/mol. The molecule has 0 bridgehead atoms. The molecular formula is C14H20F3N5O2. The summed E-state index contributed by atoms with van der Waals surface area (Å²) >= 11 is 0. The molecule has 7 nitrogen and oxygen atoms in total. The summed E-state index contributed by atoms with van der Waals surface area (Å²) < 4.78 is 42.4. The van der Waals surface area contributed by atoms with Gasteiger partial charge in [0, 0.05) is 26.2 Å². The number of aliphatic imine (C=N–C) groups is 1. The van der Waals surface area contributed by atoms with Crippen LogP contribution in [-0.4, -0.2) is 55.7 Å². The van der Waals surface area contributed by atoms with E-state index < -0.39 is 18.6 Å². The van der Waals surface area contributed by atoms with Crippen LogP contribution >= 0.6 is 0 Å². The average molecular weight is 347 g/mol. The van der Waals surface area contributed by atoms with Crippen molar-refractivity contribution in [3.05, 3.63) is 23.7 Å². The number of hydrogen-bond acceptors (Lipinski definition) is 4. The van der Waals surface area contributed by atoms with E-state index in [1.165, 1.54) is 11.0 Å². The lowest BCUT2D eigenvalue weighted by molar-refractivity contribution is -0.143. The Bertz CT molecular complexity index is 599. The first-order chi connectivity index (χ1) is 11.3. The third-order valence-corrected chi connectivity index (χ3v) is 3.57. The predicted molar refractivity (Wildman–Crippen MR) is 81.5 cm³/mol. The summed E-state index contributed by atoms with van der Waals surface area (Å²) in [4.78, 5) is 16.3. The van der Waals surface area contributed by atoms with E-state index >= 15 is 0 Å². The van der Waals surface area contributed by atoms with E-state index in [1.54, 1.807) is 13.1 Å². The molecule has 24 heavy (non-hydrogen) atoms.